The molecule has 2 aromatic heterocycles. The van der Waals surface area contributed by atoms with Crippen LogP contribution in [0, 0.1) is 19.8 Å². The van der Waals surface area contributed by atoms with Gasteiger partial charge in [-0.05, 0) is 59.5 Å². The molecule has 3 rings (SSSR count). The summed E-state index contributed by atoms with van der Waals surface area (Å²) in [6.07, 6.45) is 6.60. The fourth-order valence-corrected chi connectivity index (χ4v) is 3.92. The summed E-state index contributed by atoms with van der Waals surface area (Å²) < 4.78 is 4.39. The van der Waals surface area contributed by atoms with Crippen molar-refractivity contribution in [2.75, 3.05) is 13.1 Å². The van der Waals surface area contributed by atoms with E-state index in [9.17, 15) is 0 Å². The molecular weight excluding hydrogens is 334 g/mol. The molecule has 0 aromatic carbocycles. The molecule has 1 unspecified atom stereocenters. The molecule has 25 heavy (non-hydrogen) atoms. The number of aromatic nitrogens is 4. The Morgan fingerprint density at radius 3 is 2.52 bits per heavy atom. The van der Waals surface area contributed by atoms with Crippen LogP contribution in [0.4, 0.5) is 0 Å². The summed E-state index contributed by atoms with van der Waals surface area (Å²) in [5.74, 6) is 0.877. The summed E-state index contributed by atoms with van der Waals surface area (Å²) in [5, 5.41) is 4.67. The van der Waals surface area contributed by atoms with E-state index in [1.165, 1.54) is 42.9 Å². The first kappa shape index (κ1) is 20.0. The summed E-state index contributed by atoms with van der Waals surface area (Å²) in [5.41, 5.74) is 4.77. The average molecular weight is 366 g/mol. The molecule has 0 bridgehead atoms. The van der Waals surface area contributed by atoms with Gasteiger partial charge in [-0.1, -0.05) is 6.92 Å². The average Bonchev–Trinajstić information content (AvgIpc) is 3.11. The summed E-state index contributed by atoms with van der Waals surface area (Å²) >= 11 is 0. The Balaban J connectivity index is 0.00000225. The van der Waals surface area contributed by atoms with Gasteiger partial charge in [0, 0.05) is 30.4 Å². The molecule has 1 saturated heterocycles. The molecule has 0 aliphatic carbocycles. The van der Waals surface area contributed by atoms with Gasteiger partial charge in [0.05, 0.1) is 23.9 Å². The largest absolute Gasteiger partial charge is 0.329 e. The van der Waals surface area contributed by atoms with E-state index >= 15 is 0 Å². The molecule has 0 radical (unpaired) electrons. The van der Waals surface area contributed by atoms with Gasteiger partial charge in [-0.2, -0.15) is 5.10 Å². The number of likely N-dealkylation sites (tertiary alicyclic amines) is 1. The minimum Gasteiger partial charge on any atom is -0.329 e. The molecule has 0 amide bonds. The minimum atomic E-state index is 0. The van der Waals surface area contributed by atoms with Crippen LogP contribution < -0.4 is 0 Å². The van der Waals surface area contributed by atoms with Crippen LogP contribution in [0.5, 0.6) is 0 Å². The van der Waals surface area contributed by atoms with Gasteiger partial charge in [-0.3, -0.25) is 9.58 Å². The van der Waals surface area contributed by atoms with E-state index in [2.05, 4.69) is 58.9 Å². The summed E-state index contributed by atoms with van der Waals surface area (Å²) in [6.45, 7) is 15.4. The van der Waals surface area contributed by atoms with Crippen molar-refractivity contribution in [3.63, 3.8) is 0 Å². The van der Waals surface area contributed by atoms with Gasteiger partial charge in [-0.15, -0.1) is 12.4 Å². The predicted molar refractivity (Wildman–Crippen MR) is 105 cm³/mol. The molecule has 1 atom stereocenters. The number of nitrogens with zero attached hydrogens (tertiary/aromatic N) is 5. The molecular formula is C19H32ClN5. The van der Waals surface area contributed by atoms with Crippen LogP contribution in [-0.2, 0) is 13.1 Å². The highest BCUT2D eigenvalue weighted by Crippen LogP contribution is 2.27. The number of aryl methyl sites for hydroxylation is 2. The maximum atomic E-state index is 4.67. The Labute approximate surface area is 157 Å². The number of imidazole rings is 1. The van der Waals surface area contributed by atoms with E-state index in [-0.39, 0.29) is 12.4 Å². The molecule has 1 aliphatic heterocycles. The number of hydrogen-bond donors (Lipinski definition) is 0. The lowest BCUT2D eigenvalue weighted by Gasteiger charge is -2.35. The van der Waals surface area contributed by atoms with Crippen LogP contribution in [0.25, 0.3) is 11.3 Å². The molecule has 140 valence electrons. The van der Waals surface area contributed by atoms with Crippen LogP contribution >= 0.6 is 12.4 Å². The standard InChI is InChI=1S/C19H31N5.ClH/c1-6-24-17(5)19(16(4)21-24)18-11-20-13-23(18)12-15(3)22-9-7-14(2)8-10-22;/h11,13-15H,6-10,12H2,1-5H3;1H. The minimum absolute atomic E-state index is 0. The van der Waals surface area contributed by atoms with Gasteiger partial charge in [0.2, 0.25) is 0 Å². The maximum Gasteiger partial charge on any atom is 0.0951 e. The van der Waals surface area contributed by atoms with E-state index < -0.39 is 0 Å². The van der Waals surface area contributed by atoms with Crippen LogP contribution in [0.15, 0.2) is 12.5 Å². The fourth-order valence-electron chi connectivity index (χ4n) is 3.92. The van der Waals surface area contributed by atoms with Crippen molar-refractivity contribution in [2.45, 2.75) is 66.6 Å². The van der Waals surface area contributed by atoms with Crippen LogP contribution in [0.3, 0.4) is 0 Å². The third-order valence-corrected chi connectivity index (χ3v) is 5.55. The monoisotopic (exact) mass is 365 g/mol. The zero-order chi connectivity index (χ0) is 17.3. The number of halogens is 1. The lowest BCUT2D eigenvalue weighted by atomic mass is 9.98. The Morgan fingerprint density at radius 1 is 1.24 bits per heavy atom. The van der Waals surface area contributed by atoms with E-state index in [0.717, 1.165) is 24.7 Å². The zero-order valence-electron chi connectivity index (χ0n) is 16.2. The van der Waals surface area contributed by atoms with Gasteiger partial charge < -0.3 is 4.57 Å². The van der Waals surface area contributed by atoms with Gasteiger partial charge >= 0.3 is 0 Å². The number of piperidine rings is 1. The fraction of sp³-hybridized carbons (Fsp3) is 0.684. The highest BCUT2D eigenvalue weighted by Gasteiger charge is 2.22. The van der Waals surface area contributed by atoms with Crippen molar-refractivity contribution < 1.29 is 0 Å². The van der Waals surface area contributed by atoms with Crippen molar-refractivity contribution >= 4 is 12.4 Å². The SMILES string of the molecule is CCn1nc(C)c(-c2cncn2CC(C)N2CCC(C)CC2)c1C.Cl. The molecule has 5 nitrogen and oxygen atoms in total. The molecule has 1 aliphatic rings. The molecule has 0 N–H and O–H groups in total. The zero-order valence-corrected chi connectivity index (χ0v) is 17.0. The van der Waals surface area contributed by atoms with Gasteiger partial charge in [0.15, 0.2) is 0 Å². The van der Waals surface area contributed by atoms with Gasteiger partial charge in [0.25, 0.3) is 0 Å². The second kappa shape index (κ2) is 8.37. The third kappa shape index (κ3) is 4.09. The van der Waals surface area contributed by atoms with E-state index in [4.69, 9.17) is 0 Å². The van der Waals surface area contributed by atoms with Gasteiger partial charge in [-0.25, -0.2) is 4.98 Å². The first-order valence-electron chi connectivity index (χ1n) is 9.29. The molecule has 2 aromatic rings. The number of hydrogen-bond acceptors (Lipinski definition) is 3. The smallest absolute Gasteiger partial charge is 0.0951 e. The van der Waals surface area contributed by atoms with Crippen molar-refractivity contribution in [3.8, 4) is 11.3 Å². The van der Waals surface area contributed by atoms with Crippen molar-refractivity contribution in [1.82, 2.24) is 24.2 Å². The Hall–Kier alpha value is -1.33. The lowest BCUT2D eigenvalue weighted by molar-refractivity contribution is 0.135. The Morgan fingerprint density at radius 2 is 1.92 bits per heavy atom. The molecule has 1 fully saturated rings. The molecule has 0 saturated carbocycles. The highest BCUT2D eigenvalue weighted by molar-refractivity contribution is 5.85. The van der Waals surface area contributed by atoms with Gasteiger partial charge in [0.1, 0.15) is 0 Å². The topological polar surface area (TPSA) is 38.9 Å². The van der Waals surface area contributed by atoms with Crippen molar-refractivity contribution in [3.05, 3.63) is 23.9 Å². The first-order valence-corrected chi connectivity index (χ1v) is 9.29. The molecule has 6 heteroatoms. The van der Waals surface area contributed by atoms with Crippen LogP contribution in [0.2, 0.25) is 0 Å². The first-order chi connectivity index (χ1) is 11.5. The van der Waals surface area contributed by atoms with Crippen LogP contribution in [-0.4, -0.2) is 43.4 Å². The van der Waals surface area contributed by atoms with E-state index in [1.54, 1.807) is 0 Å². The molecule has 0 spiro atoms. The number of rotatable bonds is 5. The second-order valence-electron chi connectivity index (χ2n) is 7.36. The lowest BCUT2D eigenvalue weighted by Crippen LogP contribution is -2.41. The van der Waals surface area contributed by atoms with Crippen LogP contribution in [0.1, 0.15) is 45.0 Å². The van der Waals surface area contributed by atoms with E-state index in [1.807, 2.05) is 12.5 Å². The Kier molecular flexibility index (Phi) is 6.69. The quantitative estimate of drug-likeness (QED) is 0.805. The highest BCUT2D eigenvalue weighted by atomic mass is 35.5. The van der Waals surface area contributed by atoms with Crippen molar-refractivity contribution in [1.29, 1.82) is 0 Å². The van der Waals surface area contributed by atoms with E-state index in [0.29, 0.717) is 6.04 Å². The predicted octanol–water partition coefficient (Wildman–Crippen LogP) is 3.93. The van der Waals surface area contributed by atoms with Crippen molar-refractivity contribution in [2.24, 2.45) is 5.92 Å². The summed E-state index contributed by atoms with van der Waals surface area (Å²) in [7, 11) is 0. The second-order valence-corrected chi connectivity index (χ2v) is 7.36. The third-order valence-electron chi connectivity index (χ3n) is 5.55. The maximum absolute atomic E-state index is 4.67. The summed E-state index contributed by atoms with van der Waals surface area (Å²) in [6, 6.07) is 0.535. The Bertz CT molecular complexity index is 682. The molecule has 3 heterocycles. The normalized spacial score (nSPS) is 17.5. The summed E-state index contributed by atoms with van der Waals surface area (Å²) in [4.78, 5) is 7.06.